The number of ether oxygens (including phenoxy) is 1. The maximum atomic E-state index is 12.2. The van der Waals surface area contributed by atoms with Crippen LogP contribution >= 0.6 is 11.3 Å². The van der Waals surface area contributed by atoms with Gasteiger partial charge in [0.25, 0.3) is 0 Å². The summed E-state index contributed by atoms with van der Waals surface area (Å²) >= 11 is 1.62. The quantitative estimate of drug-likeness (QED) is 0.860. The van der Waals surface area contributed by atoms with Crippen molar-refractivity contribution in [3.63, 3.8) is 0 Å². The molecule has 0 saturated carbocycles. The summed E-state index contributed by atoms with van der Waals surface area (Å²) in [5, 5.41) is 1.99. The summed E-state index contributed by atoms with van der Waals surface area (Å²) in [6.07, 6.45) is 6.14. The molecule has 104 valence electrons. The highest BCUT2D eigenvalue weighted by Gasteiger charge is 2.27. The lowest BCUT2D eigenvalue weighted by Gasteiger charge is -2.16. The first-order chi connectivity index (χ1) is 9.81. The first-order valence-corrected chi connectivity index (χ1v) is 7.42. The van der Waals surface area contributed by atoms with Crippen molar-refractivity contribution in [2.45, 2.75) is 18.9 Å². The highest BCUT2D eigenvalue weighted by atomic mass is 32.1. The van der Waals surface area contributed by atoms with E-state index in [9.17, 15) is 4.79 Å². The molecule has 0 radical (unpaired) electrons. The predicted molar refractivity (Wildman–Crippen MR) is 75.7 cm³/mol. The van der Waals surface area contributed by atoms with Crippen molar-refractivity contribution in [1.29, 1.82) is 0 Å². The summed E-state index contributed by atoms with van der Waals surface area (Å²) in [4.78, 5) is 23.2. The van der Waals surface area contributed by atoms with E-state index in [-0.39, 0.29) is 12.0 Å². The fourth-order valence-electron chi connectivity index (χ4n) is 2.24. The molecule has 1 atom stereocenters. The zero-order valence-corrected chi connectivity index (χ0v) is 11.8. The molecular formula is C14H15N3O2S. The molecule has 0 aromatic carbocycles. The fraction of sp³-hybridized carbons (Fsp3) is 0.357. The Morgan fingerprint density at radius 2 is 2.45 bits per heavy atom. The number of nitrogens with zero attached hydrogens (tertiary/aromatic N) is 3. The van der Waals surface area contributed by atoms with Crippen molar-refractivity contribution in [2.75, 3.05) is 13.1 Å². The van der Waals surface area contributed by atoms with Crippen LogP contribution in [-0.4, -0.2) is 40.0 Å². The standard InChI is InChI=1S/C14H15N3O2S/c18-14(8-12-2-1-7-20-12)17-6-3-11(10-17)19-13-9-15-4-5-16-13/h1-2,4-5,7,9,11H,3,6,8,10H2/t11-/m0/s1. The summed E-state index contributed by atoms with van der Waals surface area (Å²) in [6, 6.07) is 3.96. The van der Waals surface area contributed by atoms with Crippen LogP contribution in [0.1, 0.15) is 11.3 Å². The molecule has 1 fully saturated rings. The van der Waals surface area contributed by atoms with Crippen LogP contribution in [0.5, 0.6) is 5.88 Å². The highest BCUT2D eigenvalue weighted by Crippen LogP contribution is 2.18. The van der Waals surface area contributed by atoms with Crippen molar-refractivity contribution < 1.29 is 9.53 Å². The summed E-state index contributed by atoms with van der Waals surface area (Å²) < 4.78 is 5.73. The van der Waals surface area contributed by atoms with Crippen LogP contribution in [0.15, 0.2) is 36.1 Å². The van der Waals surface area contributed by atoms with Crippen LogP contribution in [-0.2, 0) is 11.2 Å². The first kappa shape index (κ1) is 13.1. The van der Waals surface area contributed by atoms with Gasteiger partial charge in [-0.1, -0.05) is 6.07 Å². The molecule has 1 aliphatic rings. The SMILES string of the molecule is O=C(Cc1cccs1)N1CC[C@H](Oc2cnccn2)C1. The fourth-order valence-corrected chi connectivity index (χ4v) is 2.94. The molecule has 0 unspecified atom stereocenters. The molecule has 5 nitrogen and oxygen atoms in total. The van der Waals surface area contributed by atoms with E-state index in [0.29, 0.717) is 18.8 Å². The summed E-state index contributed by atoms with van der Waals surface area (Å²) in [5.74, 6) is 0.683. The largest absolute Gasteiger partial charge is 0.471 e. The van der Waals surface area contributed by atoms with Gasteiger partial charge in [0.1, 0.15) is 6.10 Å². The zero-order valence-electron chi connectivity index (χ0n) is 10.9. The summed E-state index contributed by atoms with van der Waals surface area (Å²) in [7, 11) is 0. The van der Waals surface area contributed by atoms with Gasteiger partial charge in [0.15, 0.2) is 0 Å². The molecule has 1 aliphatic heterocycles. The van der Waals surface area contributed by atoms with E-state index in [1.54, 1.807) is 29.9 Å². The van der Waals surface area contributed by atoms with Gasteiger partial charge in [-0.3, -0.25) is 9.78 Å². The predicted octanol–water partition coefficient (Wildman–Crippen LogP) is 1.76. The number of hydrogen-bond acceptors (Lipinski definition) is 5. The highest BCUT2D eigenvalue weighted by molar-refractivity contribution is 7.10. The Morgan fingerprint density at radius 3 is 3.20 bits per heavy atom. The van der Waals surface area contributed by atoms with E-state index in [0.717, 1.165) is 17.8 Å². The molecule has 3 rings (SSSR count). The van der Waals surface area contributed by atoms with Gasteiger partial charge in [-0.2, -0.15) is 0 Å². The molecule has 2 aromatic rings. The molecule has 6 heteroatoms. The Bertz CT molecular complexity index is 559. The van der Waals surface area contributed by atoms with Gasteiger partial charge in [0, 0.05) is 30.2 Å². The Kier molecular flexibility index (Phi) is 3.92. The lowest BCUT2D eigenvalue weighted by Crippen LogP contribution is -2.32. The number of likely N-dealkylation sites (tertiary alicyclic amines) is 1. The van der Waals surface area contributed by atoms with Crippen LogP contribution < -0.4 is 4.74 Å². The van der Waals surface area contributed by atoms with Crippen LogP contribution in [0.2, 0.25) is 0 Å². The molecule has 20 heavy (non-hydrogen) atoms. The zero-order chi connectivity index (χ0) is 13.8. The molecule has 1 amide bonds. The lowest BCUT2D eigenvalue weighted by atomic mass is 10.3. The van der Waals surface area contributed by atoms with Crippen LogP contribution in [0.25, 0.3) is 0 Å². The van der Waals surface area contributed by atoms with Crippen LogP contribution in [0.4, 0.5) is 0 Å². The van der Waals surface area contributed by atoms with Crippen molar-refractivity contribution >= 4 is 17.2 Å². The van der Waals surface area contributed by atoms with Gasteiger partial charge in [-0.15, -0.1) is 11.3 Å². The van der Waals surface area contributed by atoms with Crippen LogP contribution in [0.3, 0.4) is 0 Å². The molecule has 0 spiro atoms. The second kappa shape index (κ2) is 6.00. The average molecular weight is 289 g/mol. The molecule has 0 aliphatic carbocycles. The van der Waals surface area contributed by atoms with E-state index >= 15 is 0 Å². The van der Waals surface area contributed by atoms with Gasteiger partial charge in [0.2, 0.25) is 11.8 Å². The molecule has 0 N–H and O–H groups in total. The van der Waals surface area contributed by atoms with E-state index in [1.807, 2.05) is 22.4 Å². The van der Waals surface area contributed by atoms with Gasteiger partial charge >= 0.3 is 0 Å². The van der Waals surface area contributed by atoms with E-state index in [1.165, 1.54) is 0 Å². The maximum Gasteiger partial charge on any atom is 0.232 e. The molecule has 1 saturated heterocycles. The smallest absolute Gasteiger partial charge is 0.232 e. The first-order valence-electron chi connectivity index (χ1n) is 6.54. The number of amides is 1. The lowest BCUT2D eigenvalue weighted by molar-refractivity contribution is -0.129. The maximum absolute atomic E-state index is 12.2. The number of hydrogen-bond donors (Lipinski definition) is 0. The average Bonchev–Trinajstić information content (AvgIpc) is 3.11. The van der Waals surface area contributed by atoms with Crippen molar-refractivity contribution in [3.05, 3.63) is 41.0 Å². The third-order valence-electron chi connectivity index (χ3n) is 3.23. The second-order valence-corrected chi connectivity index (χ2v) is 5.70. The summed E-state index contributed by atoms with van der Waals surface area (Å²) in [5.41, 5.74) is 0. The van der Waals surface area contributed by atoms with Gasteiger partial charge in [-0.25, -0.2) is 4.98 Å². The number of aromatic nitrogens is 2. The Balaban J connectivity index is 1.53. The third-order valence-corrected chi connectivity index (χ3v) is 4.11. The normalized spacial score (nSPS) is 18.2. The van der Waals surface area contributed by atoms with E-state index in [4.69, 9.17) is 4.74 Å². The molecule has 2 aromatic heterocycles. The monoisotopic (exact) mass is 289 g/mol. The van der Waals surface area contributed by atoms with E-state index < -0.39 is 0 Å². The van der Waals surface area contributed by atoms with Gasteiger partial charge in [0.05, 0.1) is 19.2 Å². The minimum absolute atomic E-state index is 0.0129. The minimum atomic E-state index is 0.0129. The van der Waals surface area contributed by atoms with Crippen molar-refractivity contribution in [3.8, 4) is 5.88 Å². The van der Waals surface area contributed by atoms with Gasteiger partial charge in [-0.05, 0) is 11.4 Å². The number of thiophene rings is 1. The number of rotatable bonds is 4. The Hall–Kier alpha value is -1.95. The topological polar surface area (TPSA) is 55.3 Å². The second-order valence-electron chi connectivity index (χ2n) is 4.67. The minimum Gasteiger partial charge on any atom is -0.471 e. The summed E-state index contributed by atoms with van der Waals surface area (Å²) in [6.45, 7) is 1.37. The molecule has 0 bridgehead atoms. The third kappa shape index (κ3) is 3.14. The van der Waals surface area contributed by atoms with E-state index in [2.05, 4.69) is 9.97 Å². The van der Waals surface area contributed by atoms with Crippen LogP contribution in [0, 0.1) is 0 Å². The Labute approximate surface area is 121 Å². The molecular weight excluding hydrogens is 274 g/mol. The Morgan fingerprint density at radius 1 is 1.50 bits per heavy atom. The molecule has 3 heterocycles. The van der Waals surface area contributed by atoms with Crippen molar-refractivity contribution in [1.82, 2.24) is 14.9 Å². The van der Waals surface area contributed by atoms with Crippen molar-refractivity contribution in [2.24, 2.45) is 0 Å². The number of carbonyl (C=O) groups excluding carboxylic acids is 1. The number of carbonyl (C=O) groups is 1. The van der Waals surface area contributed by atoms with Gasteiger partial charge < -0.3 is 9.64 Å².